The zero-order valence-electron chi connectivity index (χ0n) is 13.9. The first-order valence-corrected chi connectivity index (χ1v) is 8.23. The van der Waals surface area contributed by atoms with Gasteiger partial charge in [-0.25, -0.2) is 9.67 Å². The van der Waals surface area contributed by atoms with Gasteiger partial charge in [0, 0.05) is 19.4 Å². The Balaban J connectivity index is 2.61. The Labute approximate surface area is 128 Å². The molecule has 0 aliphatic rings. The van der Waals surface area contributed by atoms with Crippen LogP contribution in [0.1, 0.15) is 65.0 Å². The summed E-state index contributed by atoms with van der Waals surface area (Å²) < 4.78 is 2.01. The minimum Gasteiger partial charge on any atom is -0.299 e. The van der Waals surface area contributed by atoms with Crippen molar-refractivity contribution in [1.82, 2.24) is 20.1 Å². The molecule has 0 saturated heterocycles. The van der Waals surface area contributed by atoms with Crippen molar-refractivity contribution in [3.8, 4) is 6.07 Å². The fraction of sp³-hybridized carbons (Fsp3) is 0.812. The number of rotatable bonds is 10. The lowest BCUT2D eigenvalue weighted by Gasteiger charge is -2.26. The van der Waals surface area contributed by atoms with Gasteiger partial charge in [-0.2, -0.15) is 10.4 Å². The second-order valence-corrected chi connectivity index (χ2v) is 5.45. The maximum absolute atomic E-state index is 9.50. The van der Waals surface area contributed by atoms with Crippen LogP contribution < -0.4 is 5.32 Å². The van der Waals surface area contributed by atoms with Gasteiger partial charge in [0.2, 0.25) is 0 Å². The Bertz CT molecular complexity index is 460. The maximum Gasteiger partial charge on any atom is 0.150 e. The molecular formula is C16H29N5. The third-order valence-electron chi connectivity index (χ3n) is 3.93. The Morgan fingerprint density at radius 3 is 2.52 bits per heavy atom. The Kier molecular flexibility index (Phi) is 7.38. The van der Waals surface area contributed by atoms with Crippen LogP contribution in [0.5, 0.6) is 0 Å². The van der Waals surface area contributed by atoms with Gasteiger partial charge in [-0.1, -0.05) is 27.7 Å². The van der Waals surface area contributed by atoms with E-state index in [2.05, 4.69) is 49.2 Å². The van der Waals surface area contributed by atoms with E-state index in [0.717, 1.165) is 63.3 Å². The van der Waals surface area contributed by atoms with Crippen LogP contribution in [-0.4, -0.2) is 26.8 Å². The standard InChI is InChI=1S/C16H29N5/c1-5-11-18-16(8-4,13-17)10-9-12-21-15(7-3)19-14(6-2)20-21/h18H,5-12H2,1-4H3. The van der Waals surface area contributed by atoms with E-state index in [1.54, 1.807) is 0 Å². The molecule has 0 aliphatic heterocycles. The van der Waals surface area contributed by atoms with Crippen molar-refractivity contribution in [2.75, 3.05) is 6.54 Å². The lowest BCUT2D eigenvalue weighted by molar-refractivity contribution is 0.350. The van der Waals surface area contributed by atoms with Crippen molar-refractivity contribution in [3.05, 3.63) is 11.6 Å². The molecule has 5 nitrogen and oxygen atoms in total. The number of aromatic nitrogens is 3. The van der Waals surface area contributed by atoms with Crippen LogP contribution in [0.15, 0.2) is 0 Å². The number of nitrogens with one attached hydrogen (secondary N) is 1. The lowest BCUT2D eigenvalue weighted by Crippen LogP contribution is -2.44. The Morgan fingerprint density at radius 1 is 1.24 bits per heavy atom. The molecular weight excluding hydrogens is 262 g/mol. The molecule has 1 atom stereocenters. The summed E-state index contributed by atoms with van der Waals surface area (Å²) in [5.41, 5.74) is -0.392. The molecule has 0 aromatic carbocycles. The highest BCUT2D eigenvalue weighted by Crippen LogP contribution is 2.17. The summed E-state index contributed by atoms with van der Waals surface area (Å²) in [7, 11) is 0. The molecule has 1 N–H and O–H groups in total. The molecule has 1 heterocycles. The molecule has 5 heteroatoms. The van der Waals surface area contributed by atoms with Crippen molar-refractivity contribution in [2.24, 2.45) is 0 Å². The van der Waals surface area contributed by atoms with Crippen LogP contribution in [0.2, 0.25) is 0 Å². The molecule has 0 spiro atoms. The van der Waals surface area contributed by atoms with E-state index >= 15 is 0 Å². The van der Waals surface area contributed by atoms with E-state index in [-0.39, 0.29) is 0 Å². The van der Waals surface area contributed by atoms with E-state index in [9.17, 15) is 5.26 Å². The highest BCUT2D eigenvalue weighted by molar-refractivity contribution is 5.06. The number of hydrogen-bond donors (Lipinski definition) is 1. The second-order valence-electron chi connectivity index (χ2n) is 5.45. The van der Waals surface area contributed by atoms with Crippen molar-refractivity contribution >= 4 is 0 Å². The Hall–Kier alpha value is -1.41. The van der Waals surface area contributed by atoms with Crippen LogP contribution in [0.25, 0.3) is 0 Å². The number of hydrogen-bond acceptors (Lipinski definition) is 4. The lowest BCUT2D eigenvalue weighted by atomic mass is 9.92. The van der Waals surface area contributed by atoms with Gasteiger partial charge in [0.25, 0.3) is 0 Å². The SMILES string of the molecule is CCCNC(C#N)(CC)CCCn1nc(CC)nc1CC. The van der Waals surface area contributed by atoms with E-state index < -0.39 is 5.54 Å². The minimum atomic E-state index is -0.392. The van der Waals surface area contributed by atoms with Gasteiger partial charge in [0.1, 0.15) is 11.4 Å². The van der Waals surface area contributed by atoms with Gasteiger partial charge < -0.3 is 0 Å². The van der Waals surface area contributed by atoms with Crippen LogP contribution in [-0.2, 0) is 19.4 Å². The van der Waals surface area contributed by atoms with Crippen molar-refractivity contribution < 1.29 is 0 Å². The van der Waals surface area contributed by atoms with Gasteiger partial charge >= 0.3 is 0 Å². The number of aryl methyl sites for hydroxylation is 3. The van der Waals surface area contributed by atoms with Gasteiger partial charge in [-0.15, -0.1) is 0 Å². The fourth-order valence-electron chi connectivity index (χ4n) is 2.48. The first-order valence-electron chi connectivity index (χ1n) is 8.23. The second kappa shape index (κ2) is 8.78. The van der Waals surface area contributed by atoms with E-state index in [1.165, 1.54) is 0 Å². The monoisotopic (exact) mass is 291 g/mol. The average molecular weight is 291 g/mol. The molecule has 1 rings (SSSR count). The molecule has 1 unspecified atom stereocenters. The normalized spacial score (nSPS) is 13.9. The van der Waals surface area contributed by atoms with Gasteiger partial charge in [-0.05, 0) is 32.2 Å². The summed E-state index contributed by atoms with van der Waals surface area (Å²) in [6.45, 7) is 10.1. The van der Waals surface area contributed by atoms with E-state index in [0.29, 0.717) is 0 Å². The summed E-state index contributed by atoms with van der Waals surface area (Å²) in [6, 6.07) is 2.47. The molecule has 0 amide bonds. The molecule has 0 bridgehead atoms. The van der Waals surface area contributed by atoms with Crippen molar-refractivity contribution in [3.63, 3.8) is 0 Å². The summed E-state index contributed by atoms with van der Waals surface area (Å²) in [5.74, 6) is 1.96. The van der Waals surface area contributed by atoms with E-state index in [4.69, 9.17) is 0 Å². The third kappa shape index (κ3) is 4.82. The van der Waals surface area contributed by atoms with Crippen LogP contribution >= 0.6 is 0 Å². The number of nitriles is 1. The zero-order valence-corrected chi connectivity index (χ0v) is 13.9. The zero-order chi connectivity index (χ0) is 15.7. The average Bonchev–Trinajstić information content (AvgIpc) is 2.93. The fourth-order valence-corrected chi connectivity index (χ4v) is 2.48. The minimum absolute atomic E-state index is 0.392. The van der Waals surface area contributed by atoms with Crippen molar-refractivity contribution in [2.45, 2.75) is 78.3 Å². The molecule has 0 fully saturated rings. The van der Waals surface area contributed by atoms with E-state index in [1.807, 2.05) is 4.68 Å². The topological polar surface area (TPSA) is 66.5 Å². The van der Waals surface area contributed by atoms with Crippen LogP contribution in [0, 0.1) is 11.3 Å². The third-order valence-corrected chi connectivity index (χ3v) is 3.93. The summed E-state index contributed by atoms with van der Waals surface area (Å²) in [6.07, 6.45) is 5.45. The number of nitrogens with zero attached hydrogens (tertiary/aromatic N) is 4. The molecule has 1 aromatic heterocycles. The van der Waals surface area contributed by atoms with Crippen LogP contribution in [0.3, 0.4) is 0 Å². The smallest absolute Gasteiger partial charge is 0.150 e. The highest BCUT2D eigenvalue weighted by atomic mass is 15.3. The summed E-state index contributed by atoms with van der Waals surface area (Å²) in [4.78, 5) is 4.52. The van der Waals surface area contributed by atoms with Crippen molar-refractivity contribution in [1.29, 1.82) is 5.26 Å². The largest absolute Gasteiger partial charge is 0.299 e. The molecule has 1 aromatic rings. The molecule has 0 radical (unpaired) electrons. The Morgan fingerprint density at radius 2 is 2.00 bits per heavy atom. The highest BCUT2D eigenvalue weighted by Gasteiger charge is 2.26. The quantitative estimate of drug-likeness (QED) is 0.720. The molecule has 118 valence electrons. The first-order chi connectivity index (χ1) is 10.1. The maximum atomic E-state index is 9.50. The summed E-state index contributed by atoms with van der Waals surface area (Å²) >= 11 is 0. The van der Waals surface area contributed by atoms with Gasteiger partial charge in [0.05, 0.1) is 6.07 Å². The summed E-state index contributed by atoms with van der Waals surface area (Å²) in [5, 5.41) is 17.4. The molecule has 21 heavy (non-hydrogen) atoms. The van der Waals surface area contributed by atoms with Crippen LogP contribution in [0.4, 0.5) is 0 Å². The molecule has 0 aliphatic carbocycles. The predicted octanol–water partition coefficient (Wildman–Crippen LogP) is 2.86. The predicted molar refractivity (Wildman–Crippen MR) is 84.9 cm³/mol. The van der Waals surface area contributed by atoms with Gasteiger partial charge in [0.15, 0.2) is 5.82 Å². The first kappa shape index (κ1) is 17.6. The molecule has 0 saturated carbocycles. The van der Waals surface area contributed by atoms with Gasteiger partial charge in [-0.3, -0.25) is 5.32 Å².